The van der Waals surface area contributed by atoms with Gasteiger partial charge in [-0.2, -0.15) is 0 Å². The Morgan fingerprint density at radius 1 is 1.56 bits per heavy atom. The summed E-state index contributed by atoms with van der Waals surface area (Å²) in [7, 11) is 0. The number of furan rings is 1. The van der Waals surface area contributed by atoms with Crippen molar-refractivity contribution in [2.45, 2.75) is 39.2 Å². The molecule has 1 aromatic heterocycles. The second-order valence-electron chi connectivity index (χ2n) is 6.46. The lowest BCUT2D eigenvalue weighted by Gasteiger charge is -2.34. The van der Waals surface area contributed by atoms with Crippen LogP contribution in [0.1, 0.15) is 39.4 Å². The molecule has 0 radical (unpaired) electrons. The Labute approximate surface area is 149 Å². The van der Waals surface area contributed by atoms with Gasteiger partial charge in [0.2, 0.25) is 0 Å². The van der Waals surface area contributed by atoms with Crippen molar-refractivity contribution < 1.29 is 19.1 Å². The topological polar surface area (TPSA) is 87.3 Å². The van der Waals surface area contributed by atoms with Crippen LogP contribution in [0.5, 0.6) is 0 Å². The van der Waals surface area contributed by atoms with E-state index in [1.54, 1.807) is 19.1 Å². The Balaban J connectivity index is 2.07. The molecule has 7 nitrogen and oxygen atoms in total. The molecule has 2 heterocycles. The maximum absolute atomic E-state index is 12.0. The van der Waals surface area contributed by atoms with Gasteiger partial charge in [-0.3, -0.25) is 4.79 Å². The van der Waals surface area contributed by atoms with Gasteiger partial charge in [0, 0.05) is 19.6 Å². The first-order valence-electron chi connectivity index (χ1n) is 8.94. The van der Waals surface area contributed by atoms with E-state index < -0.39 is 5.60 Å². The van der Waals surface area contributed by atoms with E-state index in [0.717, 1.165) is 19.4 Å². The molecule has 1 aliphatic rings. The van der Waals surface area contributed by atoms with Crippen LogP contribution in [0, 0.1) is 5.92 Å². The Morgan fingerprint density at radius 2 is 2.36 bits per heavy atom. The minimum Gasteiger partial charge on any atom is -0.466 e. The molecular formula is C18H29N3O4. The van der Waals surface area contributed by atoms with Crippen molar-refractivity contribution in [2.24, 2.45) is 10.9 Å². The van der Waals surface area contributed by atoms with E-state index in [1.165, 1.54) is 6.26 Å². The standard InChI is InChI=1S/C18H29N3O4/c1-4-19-17(20-13-18(3,23)15-9-7-11-25-15)21-10-6-8-14(12-21)16(22)24-5-2/h7,9,11,14,23H,4-6,8,10,12-13H2,1-3H3,(H,19,20). The number of esters is 1. The lowest BCUT2D eigenvalue weighted by Crippen LogP contribution is -2.48. The van der Waals surface area contributed by atoms with Crippen LogP contribution in [0.25, 0.3) is 0 Å². The molecule has 0 aliphatic carbocycles. The zero-order valence-electron chi connectivity index (χ0n) is 15.3. The van der Waals surface area contributed by atoms with Crippen molar-refractivity contribution in [3.05, 3.63) is 24.2 Å². The van der Waals surface area contributed by atoms with E-state index >= 15 is 0 Å². The predicted molar refractivity (Wildman–Crippen MR) is 95.2 cm³/mol. The molecule has 2 unspecified atom stereocenters. The fourth-order valence-electron chi connectivity index (χ4n) is 2.94. The van der Waals surface area contributed by atoms with Gasteiger partial charge in [-0.1, -0.05) is 0 Å². The maximum atomic E-state index is 12.0. The first-order valence-corrected chi connectivity index (χ1v) is 8.94. The van der Waals surface area contributed by atoms with Gasteiger partial charge in [-0.25, -0.2) is 4.99 Å². The van der Waals surface area contributed by atoms with E-state index in [4.69, 9.17) is 9.15 Å². The molecule has 1 aliphatic heterocycles. The molecule has 25 heavy (non-hydrogen) atoms. The lowest BCUT2D eigenvalue weighted by molar-refractivity contribution is -0.149. The normalized spacial score (nSPS) is 20.9. The molecule has 7 heteroatoms. The third kappa shape index (κ3) is 5.22. The monoisotopic (exact) mass is 351 g/mol. The number of aliphatic imine (C=N–C) groups is 1. The summed E-state index contributed by atoms with van der Waals surface area (Å²) < 4.78 is 10.5. The van der Waals surface area contributed by atoms with Crippen LogP contribution in [0.3, 0.4) is 0 Å². The zero-order valence-corrected chi connectivity index (χ0v) is 15.3. The van der Waals surface area contributed by atoms with Gasteiger partial charge in [0.05, 0.1) is 25.3 Å². The highest BCUT2D eigenvalue weighted by Gasteiger charge is 2.30. The first kappa shape index (κ1) is 19.3. The molecule has 0 aromatic carbocycles. The Hall–Kier alpha value is -2.02. The van der Waals surface area contributed by atoms with Crippen molar-refractivity contribution in [1.82, 2.24) is 10.2 Å². The van der Waals surface area contributed by atoms with E-state index in [0.29, 0.717) is 31.4 Å². The Kier molecular flexibility index (Phi) is 6.87. The number of nitrogens with one attached hydrogen (secondary N) is 1. The number of rotatable bonds is 6. The van der Waals surface area contributed by atoms with Crippen LogP contribution < -0.4 is 5.32 Å². The smallest absolute Gasteiger partial charge is 0.310 e. The summed E-state index contributed by atoms with van der Waals surface area (Å²) in [5.74, 6) is 0.896. The third-order valence-electron chi connectivity index (χ3n) is 4.26. The average Bonchev–Trinajstić information content (AvgIpc) is 3.14. The molecule has 2 rings (SSSR count). The highest BCUT2D eigenvalue weighted by atomic mass is 16.5. The number of hydrogen-bond donors (Lipinski definition) is 2. The van der Waals surface area contributed by atoms with Crippen LogP contribution in [0.15, 0.2) is 27.8 Å². The molecule has 0 spiro atoms. The summed E-state index contributed by atoms with van der Waals surface area (Å²) in [6.45, 7) is 8.17. The van der Waals surface area contributed by atoms with Crippen LogP contribution in [0.2, 0.25) is 0 Å². The van der Waals surface area contributed by atoms with Crippen LogP contribution >= 0.6 is 0 Å². The SMILES string of the molecule is CCNC(=NCC(C)(O)c1ccco1)N1CCCC(C(=O)OCC)C1. The van der Waals surface area contributed by atoms with Crippen LogP contribution in [-0.2, 0) is 15.1 Å². The average molecular weight is 351 g/mol. The fraction of sp³-hybridized carbons (Fsp3) is 0.667. The number of carbonyl (C=O) groups excluding carboxylic acids is 1. The molecule has 140 valence electrons. The maximum Gasteiger partial charge on any atom is 0.310 e. The van der Waals surface area contributed by atoms with E-state index in [2.05, 4.69) is 15.2 Å². The largest absolute Gasteiger partial charge is 0.466 e. The highest BCUT2D eigenvalue weighted by molar-refractivity contribution is 5.81. The van der Waals surface area contributed by atoms with Crippen molar-refractivity contribution in [1.29, 1.82) is 0 Å². The molecular weight excluding hydrogens is 322 g/mol. The summed E-state index contributed by atoms with van der Waals surface area (Å²) in [6.07, 6.45) is 3.27. The van der Waals surface area contributed by atoms with Gasteiger partial charge in [0.1, 0.15) is 11.4 Å². The van der Waals surface area contributed by atoms with Gasteiger partial charge >= 0.3 is 5.97 Å². The molecule has 1 saturated heterocycles. The van der Waals surface area contributed by atoms with Gasteiger partial charge in [0.25, 0.3) is 0 Å². The van der Waals surface area contributed by atoms with Gasteiger partial charge in [0.15, 0.2) is 5.96 Å². The number of hydrogen-bond acceptors (Lipinski definition) is 5. The van der Waals surface area contributed by atoms with Crippen molar-refractivity contribution >= 4 is 11.9 Å². The molecule has 0 bridgehead atoms. The Morgan fingerprint density at radius 3 is 3.00 bits per heavy atom. The summed E-state index contributed by atoms with van der Waals surface area (Å²) in [6, 6.07) is 3.48. The Bertz CT molecular complexity index is 569. The number of guanidine groups is 1. The van der Waals surface area contributed by atoms with Gasteiger partial charge < -0.3 is 24.5 Å². The van der Waals surface area contributed by atoms with Crippen molar-refractivity contribution in [3.8, 4) is 0 Å². The van der Waals surface area contributed by atoms with E-state index in [-0.39, 0.29) is 18.4 Å². The summed E-state index contributed by atoms with van der Waals surface area (Å²) in [4.78, 5) is 18.7. The molecule has 0 saturated carbocycles. The minimum absolute atomic E-state index is 0.136. The lowest BCUT2D eigenvalue weighted by atomic mass is 9.98. The number of carbonyl (C=O) groups is 1. The highest BCUT2D eigenvalue weighted by Crippen LogP contribution is 2.22. The molecule has 2 N–H and O–H groups in total. The number of piperidine rings is 1. The van der Waals surface area contributed by atoms with Gasteiger partial charge in [-0.15, -0.1) is 0 Å². The zero-order chi connectivity index (χ0) is 18.3. The first-order chi connectivity index (χ1) is 12.0. The van der Waals surface area contributed by atoms with E-state index in [9.17, 15) is 9.90 Å². The number of likely N-dealkylation sites (tertiary alicyclic amines) is 1. The molecule has 1 aromatic rings. The molecule has 2 atom stereocenters. The second-order valence-corrected chi connectivity index (χ2v) is 6.46. The van der Waals surface area contributed by atoms with E-state index in [1.807, 2.05) is 13.8 Å². The van der Waals surface area contributed by atoms with Gasteiger partial charge in [-0.05, 0) is 45.7 Å². The molecule has 1 fully saturated rings. The summed E-state index contributed by atoms with van der Waals surface area (Å²) >= 11 is 0. The molecule has 0 amide bonds. The fourth-order valence-corrected chi connectivity index (χ4v) is 2.94. The third-order valence-corrected chi connectivity index (χ3v) is 4.26. The number of nitrogens with zero attached hydrogens (tertiary/aromatic N) is 2. The van der Waals surface area contributed by atoms with Crippen molar-refractivity contribution in [2.75, 3.05) is 32.8 Å². The minimum atomic E-state index is -1.18. The summed E-state index contributed by atoms with van der Waals surface area (Å²) in [5.41, 5.74) is -1.18. The number of ether oxygens (including phenoxy) is 1. The van der Waals surface area contributed by atoms with Crippen molar-refractivity contribution in [3.63, 3.8) is 0 Å². The summed E-state index contributed by atoms with van der Waals surface area (Å²) in [5, 5.41) is 13.8. The van der Waals surface area contributed by atoms with Crippen LogP contribution in [0.4, 0.5) is 0 Å². The quantitative estimate of drug-likeness (QED) is 0.461. The second kappa shape index (κ2) is 8.89. The van der Waals surface area contributed by atoms with Crippen LogP contribution in [-0.4, -0.2) is 54.7 Å². The predicted octanol–water partition coefficient (Wildman–Crippen LogP) is 1.73. The number of aliphatic hydroxyl groups is 1.